The molecule has 0 spiro atoms. The minimum Gasteiger partial charge on any atom is -0.444 e. The van der Waals surface area contributed by atoms with E-state index in [1.54, 1.807) is 30.4 Å². The molecule has 1 saturated heterocycles. The van der Waals surface area contributed by atoms with Gasteiger partial charge in [-0.3, -0.25) is 24.1 Å². The number of primary amides is 1. The van der Waals surface area contributed by atoms with Crippen molar-refractivity contribution in [3.63, 3.8) is 0 Å². The van der Waals surface area contributed by atoms with Gasteiger partial charge in [-0.1, -0.05) is 63.6 Å². The number of ether oxygens (including phenoxy) is 2. The summed E-state index contributed by atoms with van der Waals surface area (Å²) in [6.45, 7) is 17.3. The summed E-state index contributed by atoms with van der Waals surface area (Å²) in [7, 11) is 0. The SMILES string of the molecule is C=CC(=O)N1CCN(C(CC2CC2)c2ccc(CNc3ncc4c(n3)N(CCOC(C)(C)CCO)C(=O)OC4)cc2)CC1.CC(C)CCNSc1ccc(Nc2ncc(Br)c(Nc3cccc(F)c3C(N)=O)n2)cc1.S. The molecule has 7 N–H and O–H groups in total. The third-order valence-corrected chi connectivity index (χ3v) is 14.3. The van der Waals surface area contributed by atoms with Crippen molar-refractivity contribution < 1.29 is 33.4 Å². The molecule has 2 aliphatic heterocycles. The second-order valence-corrected chi connectivity index (χ2v) is 21.4. The Labute approximate surface area is 464 Å². The van der Waals surface area contributed by atoms with E-state index < -0.39 is 23.4 Å². The number of hydrogen-bond acceptors (Lipinski definition) is 16. The van der Waals surface area contributed by atoms with Crippen LogP contribution in [0.3, 0.4) is 0 Å². The van der Waals surface area contributed by atoms with Crippen molar-refractivity contribution in [2.45, 2.75) is 89.5 Å². The molecule has 1 atom stereocenters. The summed E-state index contributed by atoms with van der Waals surface area (Å²) in [5.41, 5.74) is 8.77. The number of rotatable bonds is 24. The van der Waals surface area contributed by atoms with Crippen LogP contribution in [0.15, 0.2) is 101 Å². The van der Waals surface area contributed by atoms with E-state index in [9.17, 15) is 23.9 Å². The standard InChI is InChI=1S/C32H44N6O5.C22H24BrFN6OS.H2S/c1-4-28(40)37-14-12-36(13-15-37)27(19-23-5-6-23)25-9-7-24(8-10-25)20-33-30-34-21-26-22-42-31(41)38(29(26)35-30)16-18-43-32(2,3)11-17-39;1-13(2)10-11-27-32-15-8-6-14(7-9-15)28-22-26-12-16(23)21(30-22)29-18-5-3-4-17(24)19(18)20(25)31;/h4,7-10,21,23,27,39H,1,5-6,11-20,22H2,2-3H3,(H,33,34,35);3-9,12-13,27H,10-11H2,1-2H3,(H2,25,31)(H2,26,28,29,30);1H2. The summed E-state index contributed by atoms with van der Waals surface area (Å²) in [5.74, 6) is 1.54. The third kappa shape index (κ3) is 17.3. The van der Waals surface area contributed by atoms with Gasteiger partial charge >= 0.3 is 6.09 Å². The molecule has 1 unspecified atom stereocenters. The van der Waals surface area contributed by atoms with Gasteiger partial charge in [0.05, 0.1) is 40.0 Å². The smallest absolute Gasteiger partial charge is 0.415 e. The van der Waals surface area contributed by atoms with Gasteiger partial charge in [-0.05, 0) is 126 Å². The van der Waals surface area contributed by atoms with Crippen LogP contribution in [-0.2, 0) is 27.4 Å². The van der Waals surface area contributed by atoms with Crippen LogP contribution in [0.1, 0.15) is 92.9 Å². The molecule has 2 fully saturated rings. The lowest BCUT2D eigenvalue weighted by molar-refractivity contribution is -0.128. The predicted molar refractivity (Wildman–Crippen MR) is 305 cm³/mol. The molecule has 3 amide bonds. The van der Waals surface area contributed by atoms with Crippen LogP contribution in [-0.4, -0.2) is 111 Å². The van der Waals surface area contributed by atoms with E-state index in [1.807, 2.05) is 43.0 Å². The van der Waals surface area contributed by atoms with Crippen LogP contribution in [0, 0.1) is 17.7 Å². The number of piperazine rings is 1. The fourth-order valence-electron chi connectivity index (χ4n) is 8.40. The zero-order valence-corrected chi connectivity index (χ0v) is 46.9. The average Bonchev–Trinajstić information content (AvgIpc) is 4.23. The van der Waals surface area contributed by atoms with Gasteiger partial charge in [0.15, 0.2) is 0 Å². The van der Waals surface area contributed by atoms with E-state index in [0.717, 1.165) is 73.2 Å². The number of benzene rings is 3. The van der Waals surface area contributed by atoms with Crippen LogP contribution in [0.4, 0.5) is 44.1 Å². The fourth-order valence-corrected chi connectivity index (χ4v) is 9.35. The Morgan fingerprint density at radius 3 is 2.41 bits per heavy atom. The van der Waals surface area contributed by atoms with Crippen molar-refractivity contribution in [2.24, 2.45) is 17.6 Å². The van der Waals surface area contributed by atoms with Crippen LogP contribution in [0.25, 0.3) is 0 Å². The number of carbonyl (C=O) groups excluding carboxylic acids is 3. The van der Waals surface area contributed by atoms with Gasteiger partial charge in [0, 0.05) is 74.9 Å². The molecule has 408 valence electrons. The number of aliphatic hydroxyl groups excluding tert-OH is 1. The van der Waals surface area contributed by atoms with E-state index in [1.165, 1.54) is 41.5 Å². The molecular weight excluding hydrogens is 1080 g/mol. The van der Waals surface area contributed by atoms with Gasteiger partial charge in [0.1, 0.15) is 24.1 Å². The summed E-state index contributed by atoms with van der Waals surface area (Å²) in [4.78, 5) is 61.0. The minimum absolute atomic E-state index is 0. The van der Waals surface area contributed by atoms with E-state index in [-0.39, 0.29) is 57.0 Å². The first-order valence-corrected chi connectivity index (χ1v) is 26.9. The maximum Gasteiger partial charge on any atom is 0.415 e. The number of fused-ring (bicyclic) bond motifs is 1. The zero-order chi connectivity index (χ0) is 53.5. The number of anilines is 6. The Morgan fingerprint density at radius 2 is 1.74 bits per heavy atom. The Morgan fingerprint density at radius 1 is 1.01 bits per heavy atom. The largest absolute Gasteiger partial charge is 0.444 e. The van der Waals surface area contributed by atoms with Crippen molar-refractivity contribution in [3.8, 4) is 0 Å². The molecule has 8 rings (SSSR count). The van der Waals surface area contributed by atoms with Crippen LogP contribution in [0.2, 0.25) is 0 Å². The molecule has 3 aliphatic rings. The van der Waals surface area contributed by atoms with Crippen molar-refractivity contribution in [3.05, 3.63) is 124 Å². The number of aliphatic hydroxyl groups is 1. The normalized spacial score (nSPS) is 14.9. The third-order valence-electron chi connectivity index (χ3n) is 12.9. The molecule has 22 heteroatoms. The second kappa shape index (κ2) is 28.5. The predicted octanol–water partition coefficient (Wildman–Crippen LogP) is 9.61. The first-order valence-electron chi connectivity index (χ1n) is 25.3. The Hall–Kier alpha value is -5.88. The lowest BCUT2D eigenvalue weighted by Gasteiger charge is -2.39. The number of carbonyl (C=O) groups is 3. The number of amides is 3. The van der Waals surface area contributed by atoms with Crippen molar-refractivity contribution in [1.82, 2.24) is 34.5 Å². The highest BCUT2D eigenvalue weighted by molar-refractivity contribution is 9.10. The van der Waals surface area contributed by atoms with E-state index in [2.05, 4.69) is 106 Å². The Balaban J connectivity index is 0.000000254. The lowest BCUT2D eigenvalue weighted by atomic mass is 9.97. The van der Waals surface area contributed by atoms with Gasteiger partial charge in [0.25, 0.3) is 5.91 Å². The molecule has 1 saturated carbocycles. The number of cyclic esters (lactones) is 1. The number of nitrogens with one attached hydrogen (secondary N) is 4. The first-order chi connectivity index (χ1) is 36.1. The molecule has 0 bridgehead atoms. The average molecular weight is 1150 g/mol. The number of nitrogens with zero attached hydrogens (tertiary/aromatic N) is 7. The van der Waals surface area contributed by atoms with Crippen molar-refractivity contribution in [2.75, 3.05) is 73.3 Å². The lowest BCUT2D eigenvalue weighted by Crippen LogP contribution is -2.49. The molecule has 5 aromatic rings. The van der Waals surface area contributed by atoms with E-state index >= 15 is 0 Å². The van der Waals surface area contributed by atoms with Crippen molar-refractivity contribution >= 4 is 94.2 Å². The highest BCUT2D eigenvalue weighted by atomic mass is 79.9. The van der Waals surface area contributed by atoms with Crippen LogP contribution in [0.5, 0.6) is 0 Å². The molecular formula is C54H70BrFN12O6S2. The quantitative estimate of drug-likeness (QED) is 0.0192. The van der Waals surface area contributed by atoms with Crippen molar-refractivity contribution in [1.29, 1.82) is 0 Å². The summed E-state index contributed by atoms with van der Waals surface area (Å²) < 4.78 is 29.1. The summed E-state index contributed by atoms with van der Waals surface area (Å²) in [6, 6.07) is 21.2. The molecule has 2 aromatic heterocycles. The summed E-state index contributed by atoms with van der Waals surface area (Å²) >= 11 is 4.96. The van der Waals surface area contributed by atoms with E-state index in [0.29, 0.717) is 52.9 Å². The van der Waals surface area contributed by atoms with Gasteiger partial charge in [-0.15, -0.1) is 0 Å². The van der Waals surface area contributed by atoms with Gasteiger partial charge in [-0.2, -0.15) is 23.5 Å². The molecule has 1 aliphatic carbocycles. The Kier molecular flexibility index (Phi) is 22.2. The maximum absolute atomic E-state index is 14.0. The number of hydrogen-bond donors (Lipinski definition) is 6. The fraction of sp³-hybridized carbons (Fsp3) is 0.426. The summed E-state index contributed by atoms with van der Waals surface area (Å²) in [6.07, 6.45) is 9.57. The summed E-state index contributed by atoms with van der Waals surface area (Å²) in [5, 5.41) is 18.6. The van der Waals surface area contributed by atoms with Crippen LogP contribution < -0.4 is 31.3 Å². The molecule has 18 nitrogen and oxygen atoms in total. The minimum atomic E-state index is -0.870. The highest BCUT2D eigenvalue weighted by Gasteiger charge is 2.33. The number of aromatic nitrogens is 4. The Bertz CT molecular complexity index is 2730. The van der Waals surface area contributed by atoms with Crippen LogP contribution >= 0.6 is 41.4 Å². The zero-order valence-electron chi connectivity index (χ0n) is 43.5. The highest BCUT2D eigenvalue weighted by Crippen LogP contribution is 2.40. The first kappa shape index (κ1) is 59.4. The molecule has 76 heavy (non-hydrogen) atoms. The van der Waals surface area contributed by atoms with Gasteiger partial charge in [-0.25, -0.2) is 19.2 Å². The van der Waals surface area contributed by atoms with E-state index in [4.69, 9.17) is 15.2 Å². The number of nitrogens with two attached hydrogens (primary N) is 1. The monoisotopic (exact) mass is 1140 g/mol. The number of halogens is 2. The second-order valence-electron chi connectivity index (χ2n) is 19.6. The maximum atomic E-state index is 14.0. The topological polar surface area (TPSA) is 225 Å². The molecule has 4 heterocycles. The molecule has 3 aromatic carbocycles. The van der Waals surface area contributed by atoms with Gasteiger partial charge in [0.2, 0.25) is 17.8 Å². The molecule has 0 radical (unpaired) electrons. The van der Waals surface area contributed by atoms with Gasteiger partial charge < -0.3 is 41.2 Å².